The van der Waals surface area contributed by atoms with Crippen LogP contribution in [0.5, 0.6) is 5.75 Å². The highest BCUT2D eigenvalue weighted by molar-refractivity contribution is 5.97. The van der Waals surface area contributed by atoms with Gasteiger partial charge in [-0.05, 0) is 95.4 Å². The van der Waals surface area contributed by atoms with Crippen molar-refractivity contribution >= 4 is 47.3 Å². The van der Waals surface area contributed by atoms with Crippen LogP contribution in [0.25, 0.3) is 0 Å². The van der Waals surface area contributed by atoms with Crippen LogP contribution in [0.4, 0.5) is 0 Å². The van der Waals surface area contributed by atoms with Crippen LogP contribution in [-0.2, 0) is 44.8 Å². The number of carbonyl (C=O) groups excluding carboxylic acids is 7. The third-order valence-electron chi connectivity index (χ3n) is 9.52. The molecule has 1 aromatic carbocycles. The molecule has 2 rings (SSSR count). The van der Waals surface area contributed by atoms with E-state index in [2.05, 4.69) is 37.2 Å². The predicted molar refractivity (Wildman–Crippen MR) is 210 cm³/mol. The highest BCUT2D eigenvalue weighted by Crippen LogP contribution is 2.12. The number of hydrogen-bond donors (Lipinski definition) is 12. The lowest BCUT2D eigenvalue weighted by molar-refractivity contribution is -0.143. The molecule has 0 radical (unpaired) electrons. The maximum absolute atomic E-state index is 13.8. The number of phenolic OH excluding ortho intramolecular Hbond substituents is 1. The highest BCUT2D eigenvalue weighted by Gasteiger charge is 2.35. The topological polar surface area (TPSA) is 334 Å². The van der Waals surface area contributed by atoms with Gasteiger partial charge in [-0.2, -0.15) is 0 Å². The molecule has 14 N–H and O–H groups in total. The van der Waals surface area contributed by atoms with E-state index < -0.39 is 102 Å². The number of unbranched alkanes of at least 4 members (excludes halogenated alkanes) is 1. The number of aliphatic carboxylic acids is 1. The number of aromatic hydroxyl groups is 1. The molecule has 0 aromatic heterocycles. The SMILES string of the molecule is CC(C)[C@H](NC(=O)[C@H](C)NC(=O)[C@@H]1CCC(=O)NCCCCC(NC(=O)[C@H](CCCCN)NC(=O)[C@@H](N)Cc2ccc(O)cc2)C(=O)N[C@@H]([C@@H](C)O)C(=O)N1)C(=O)O. The van der Waals surface area contributed by atoms with Crippen molar-refractivity contribution in [3.63, 3.8) is 0 Å². The monoisotopic (exact) mass is 819 g/mol. The van der Waals surface area contributed by atoms with E-state index in [1.54, 1.807) is 26.0 Å². The maximum Gasteiger partial charge on any atom is 0.326 e. The van der Waals surface area contributed by atoms with Crippen LogP contribution in [0.1, 0.15) is 84.6 Å². The Hall–Kier alpha value is -5.34. The number of rotatable bonds is 17. The van der Waals surface area contributed by atoms with Crippen LogP contribution in [-0.4, -0.2) is 124 Å². The first-order valence-electron chi connectivity index (χ1n) is 19.6. The van der Waals surface area contributed by atoms with Crippen molar-refractivity contribution < 1.29 is 53.7 Å². The van der Waals surface area contributed by atoms with Gasteiger partial charge in [-0.15, -0.1) is 0 Å². The summed E-state index contributed by atoms with van der Waals surface area (Å²) < 4.78 is 0. The van der Waals surface area contributed by atoms with Crippen molar-refractivity contribution in [2.75, 3.05) is 13.1 Å². The lowest BCUT2D eigenvalue weighted by atomic mass is 10.0. The molecule has 0 saturated carbocycles. The molecule has 1 aliphatic heterocycles. The smallest absolute Gasteiger partial charge is 0.326 e. The van der Waals surface area contributed by atoms with Crippen molar-refractivity contribution in [2.24, 2.45) is 17.4 Å². The standard InChI is InChI=1S/C38H61N9O11/c1-20(2)30(38(57)58)46-32(51)21(3)42-34(53)28-15-16-29(50)41-18-8-6-10-27(36(55)47-31(22(4)48)37(56)45-28)44-35(54)26(9-5-7-17-39)43-33(52)25(40)19-23-11-13-24(49)14-12-23/h11-14,20-22,25-28,30-31,48-49H,5-10,15-19,39-40H2,1-4H3,(H,41,50)(H,42,53)(H,43,52)(H,44,54)(H,45,56)(H,46,51)(H,47,55)(H,57,58)/t21-,22+,25-,26-,27?,28-,30-,31-/m0/s1. The fourth-order valence-electron chi connectivity index (χ4n) is 5.99. The number of carbonyl (C=O) groups is 8. The zero-order valence-electron chi connectivity index (χ0n) is 33.5. The van der Waals surface area contributed by atoms with Gasteiger partial charge in [0.1, 0.15) is 42.0 Å². The molecule has 0 bridgehead atoms. The Bertz CT molecular complexity index is 1570. The van der Waals surface area contributed by atoms with Crippen molar-refractivity contribution in [1.29, 1.82) is 0 Å². The zero-order valence-corrected chi connectivity index (χ0v) is 33.5. The summed E-state index contributed by atoms with van der Waals surface area (Å²) in [5, 5.41) is 47.3. The van der Waals surface area contributed by atoms with Crippen molar-refractivity contribution in [3.8, 4) is 5.75 Å². The maximum atomic E-state index is 13.8. The lowest BCUT2D eigenvalue weighted by Gasteiger charge is -2.28. The van der Waals surface area contributed by atoms with Gasteiger partial charge in [0.05, 0.1) is 12.1 Å². The minimum absolute atomic E-state index is 0.0377. The van der Waals surface area contributed by atoms with Crippen molar-refractivity contribution in [3.05, 3.63) is 29.8 Å². The highest BCUT2D eigenvalue weighted by atomic mass is 16.4. The Kier molecular flexibility index (Phi) is 20.6. The van der Waals surface area contributed by atoms with E-state index in [0.29, 0.717) is 37.8 Å². The number of carboxylic acid groups (broad SMARTS) is 1. The summed E-state index contributed by atoms with van der Waals surface area (Å²) in [7, 11) is 0. The number of phenols is 1. The quantitative estimate of drug-likeness (QED) is 0.0726. The van der Waals surface area contributed by atoms with E-state index in [4.69, 9.17) is 11.5 Å². The molecular weight excluding hydrogens is 758 g/mol. The zero-order chi connectivity index (χ0) is 43.5. The predicted octanol–water partition coefficient (Wildman–Crippen LogP) is -2.48. The first-order chi connectivity index (χ1) is 27.3. The third kappa shape index (κ3) is 16.6. The van der Waals surface area contributed by atoms with E-state index >= 15 is 0 Å². The van der Waals surface area contributed by atoms with Gasteiger partial charge in [-0.25, -0.2) is 4.79 Å². The minimum Gasteiger partial charge on any atom is -0.508 e. The summed E-state index contributed by atoms with van der Waals surface area (Å²) in [6, 6.07) is -2.93. The number of benzene rings is 1. The van der Waals surface area contributed by atoms with E-state index in [9.17, 15) is 53.7 Å². The lowest BCUT2D eigenvalue weighted by Crippen LogP contribution is -2.61. The van der Waals surface area contributed by atoms with Gasteiger partial charge in [0, 0.05) is 13.0 Å². The third-order valence-corrected chi connectivity index (χ3v) is 9.52. The van der Waals surface area contributed by atoms with Crippen LogP contribution in [0, 0.1) is 5.92 Å². The second-order valence-electron chi connectivity index (χ2n) is 14.9. The number of aliphatic hydroxyl groups excluding tert-OH is 1. The van der Waals surface area contributed by atoms with Gasteiger partial charge in [-0.3, -0.25) is 33.6 Å². The van der Waals surface area contributed by atoms with E-state index in [-0.39, 0.29) is 44.4 Å². The minimum atomic E-state index is -1.65. The number of aliphatic hydroxyl groups is 1. The Labute approximate surface area is 337 Å². The van der Waals surface area contributed by atoms with Gasteiger partial charge in [0.15, 0.2) is 0 Å². The first-order valence-corrected chi connectivity index (χ1v) is 19.6. The van der Waals surface area contributed by atoms with Crippen molar-refractivity contribution in [1.82, 2.24) is 37.2 Å². The fourth-order valence-corrected chi connectivity index (χ4v) is 5.99. The Balaban J connectivity index is 2.28. The number of amides is 7. The van der Waals surface area contributed by atoms with Gasteiger partial charge in [0.2, 0.25) is 41.4 Å². The Morgan fingerprint density at radius 2 is 1.53 bits per heavy atom. The van der Waals surface area contributed by atoms with E-state index in [1.165, 1.54) is 26.0 Å². The summed E-state index contributed by atoms with van der Waals surface area (Å²) >= 11 is 0. The summed E-state index contributed by atoms with van der Waals surface area (Å²) in [5.41, 5.74) is 12.5. The summed E-state index contributed by atoms with van der Waals surface area (Å²) in [5.74, 6) is -7.08. The van der Waals surface area contributed by atoms with Crippen LogP contribution >= 0.6 is 0 Å². The molecule has 1 fully saturated rings. The van der Waals surface area contributed by atoms with Gasteiger partial charge < -0.3 is 64.0 Å². The molecule has 20 nitrogen and oxygen atoms in total. The molecule has 324 valence electrons. The Morgan fingerprint density at radius 1 is 0.862 bits per heavy atom. The molecule has 7 amide bonds. The number of carboxylic acids is 1. The summed E-state index contributed by atoms with van der Waals surface area (Å²) in [6.07, 6.45) is -0.0188. The molecule has 0 spiro atoms. The van der Waals surface area contributed by atoms with Crippen LogP contribution in [0.3, 0.4) is 0 Å². The molecule has 1 aromatic rings. The van der Waals surface area contributed by atoms with Crippen molar-refractivity contribution in [2.45, 2.75) is 134 Å². The molecule has 1 heterocycles. The number of nitrogens with two attached hydrogens (primary N) is 2. The summed E-state index contributed by atoms with van der Waals surface area (Å²) in [4.78, 5) is 105. The summed E-state index contributed by atoms with van der Waals surface area (Å²) in [6.45, 7) is 6.22. The number of hydrogen-bond acceptors (Lipinski definition) is 12. The van der Waals surface area contributed by atoms with Gasteiger partial charge >= 0.3 is 5.97 Å². The van der Waals surface area contributed by atoms with Gasteiger partial charge in [-0.1, -0.05) is 26.0 Å². The molecule has 8 atom stereocenters. The normalized spacial score (nSPS) is 20.9. The molecule has 20 heteroatoms. The van der Waals surface area contributed by atoms with Crippen LogP contribution in [0.2, 0.25) is 0 Å². The van der Waals surface area contributed by atoms with Crippen LogP contribution < -0.4 is 48.7 Å². The van der Waals surface area contributed by atoms with Gasteiger partial charge in [0.25, 0.3) is 0 Å². The molecule has 1 aliphatic rings. The first kappa shape index (κ1) is 48.8. The Morgan fingerprint density at radius 3 is 2.14 bits per heavy atom. The van der Waals surface area contributed by atoms with E-state index in [0.717, 1.165) is 0 Å². The average Bonchev–Trinajstić information content (AvgIpc) is 3.16. The van der Waals surface area contributed by atoms with E-state index in [1.807, 2.05) is 0 Å². The molecule has 58 heavy (non-hydrogen) atoms. The molecule has 1 saturated heterocycles. The van der Waals surface area contributed by atoms with Crippen LogP contribution in [0.15, 0.2) is 24.3 Å². The molecule has 1 unspecified atom stereocenters. The second-order valence-corrected chi connectivity index (χ2v) is 14.9. The average molecular weight is 820 g/mol. The largest absolute Gasteiger partial charge is 0.508 e. The fraction of sp³-hybridized carbons (Fsp3) is 0.632. The molecular formula is C38H61N9O11. The number of nitrogens with one attached hydrogen (secondary N) is 7. The molecule has 0 aliphatic carbocycles. The second kappa shape index (κ2) is 24.4.